The molecule has 3 rings (SSSR count). The van der Waals surface area contributed by atoms with Crippen LogP contribution in [0.15, 0.2) is 64.2 Å². The molecule has 27 heavy (non-hydrogen) atoms. The predicted molar refractivity (Wildman–Crippen MR) is 103 cm³/mol. The average Bonchev–Trinajstić information content (AvgIpc) is 2.69. The smallest absolute Gasteiger partial charge is 0.329 e. The lowest BCUT2D eigenvalue weighted by Gasteiger charge is -2.19. The fourth-order valence-corrected chi connectivity index (χ4v) is 2.99. The van der Waals surface area contributed by atoms with Crippen LogP contribution in [0, 0.1) is 0 Å². The first-order valence-electron chi connectivity index (χ1n) is 8.68. The number of methoxy groups -OCH3 is 1. The average molecular weight is 367 g/mol. The number of hydrogen-bond donors (Lipinski definition) is 2. The summed E-state index contributed by atoms with van der Waals surface area (Å²) in [4.78, 5) is 41.2. The Labute approximate surface area is 155 Å². The van der Waals surface area contributed by atoms with Crippen molar-refractivity contribution < 1.29 is 9.53 Å². The molecule has 140 valence electrons. The molecule has 0 aliphatic rings. The largest absolute Gasteiger partial charge is 0.385 e. The number of ether oxygens (including phenoxy) is 1. The van der Waals surface area contributed by atoms with Crippen LogP contribution in [0.2, 0.25) is 0 Å². The number of nitrogens with zero attached hydrogens (tertiary/aromatic N) is 1. The maximum atomic E-state index is 13.0. The second-order valence-corrected chi connectivity index (χ2v) is 6.10. The van der Waals surface area contributed by atoms with Crippen molar-refractivity contribution in [2.75, 3.05) is 20.3 Å². The van der Waals surface area contributed by atoms with Crippen molar-refractivity contribution in [1.29, 1.82) is 0 Å². The molecule has 0 aliphatic carbocycles. The highest BCUT2D eigenvalue weighted by Gasteiger charge is 2.26. The van der Waals surface area contributed by atoms with Crippen LogP contribution in [0.1, 0.15) is 18.0 Å². The molecular weight excluding hydrogens is 346 g/mol. The molecule has 1 heterocycles. The molecule has 1 aromatic heterocycles. The van der Waals surface area contributed by atoms with E-state index in [0.717, 1.165) is 4.57 Å². The van der Waals surface area contributed by atoms with Gasteiger partial charge in [-0.15, -0.1) is 0 Å². The summed E-state index contributed by atoms with van der Waals surface area (Å²) < 4.78 is 5.95. The zero-order chi connectivity index (χ0) is 19.2. The van der Waals surface area contributed by atoms with Crippen LogP contribution in [0.4, 0.5) is 0 Å². The molecule has 7 heteroatoms. The lowest BCUT2D eigenvalue weighted by molar-refractivity contribution is -0.123. The van der Waals surface area contributed by atoms with Gasteiger partial charge in [-0.05, 0) is 24.1 Å². The fourth-order valence-electron chi connectivity index (χ4n) is 2.99. The topological polar surface area (TPSA) is 93.2 Å². The Morgan fingerprint density at radius 2 is 1.81 bits per heavy atom. The van der Waals surface area contributed by atoms with Crippen LogP contribution in [0.3, 0.4) is 0 Å². The van der Waals surface area contributed by atoms with Gasteiger partial charge in [0, 0.05) is 20.3 Å². The number of H-pyrrole nitrogens is 1. The van der Waals surface area contributed by atoms with Crippen LogP contribution in [0.25, 0.3) is 10.9 Å². The highest BCUT2D eigenvalue weighted by Crippen LogP contribution is 2.16. The summed E-state index contributed by atoms with van der Waals surface area (Å²) in [6, 6.07) is 14.5. The third-order valence-electron chi connectivity index (χ3n) is 4.28. The molecule has 1 amide bonds. The van der Waals surface area contributed by atoms with Gasteiger partial charge in [0.2, 0.25) is 5.91 Å². The molecule has 7 nitrogen and oxygen atoms in total. The number of amides is 1. The molecule has 0 bridgehead atoms. The molecule has 0 aliphatic heterocycles. The summed E-state index contributed by atoms with van der Waals surface area (Å²) in [7, 11) is 1.59. The van der Waals surface area contributed by atoms with E-state index in [1.807, 2.05) is 6.07 Å². The molecular formula is C20H21N3O4. The number of hydrogen-bond acceptors (Lipinski definition) is 4. The van der Waals surface area contributed by atoms with E-state index >= 15 is 0 Å². The summed E-state index contributed by atoms with van der Waals surface area (Å²) in [6.07, 6.45) is 0.632. The number of nitrogens with one attached hydrogen (secondary N) is 2. The van der Waals surface area contributed by atoms with Crippen molar-refractivity contribution >= 4 is 16.8 Å². The third-order valence-corrected chi connectivity index (χ3v) is 4.28. The van der Waals surface area contributed by atoms with E-state index in [1.165, 1.54) is 0 Å². The monoisotopic (exact) mass is 367 g/mol. The first-order chi connectivity index (χ1) is 13.1. The van der Waals surface area contributed by atoms with Gasteiger partial charge in [-0.25, -0.2) is 9.36 Å². The van der Waals surface area contributed by atoms with Crippen LogP contribution in [-0.2, 0) is 9.53 Å². The second kappa shape index (κ2) is 8.46. The van der Waals surface area contributed by atoms with Crippen LogP contribution in [0.5, 0.6) is 0 Å². The van der Waals surface area contributed by atoms with Crippen molar-refractivity contribution in [1.82, 2.24) is 14.9 Å². The Morgan fingerprint density at radius 1 is 1.11 bits per heavy atom. The minimum Gasteiger partial charge on any atom is -0.385 e. The first kappa shape index (κ1) is 18.6. The van der Waals surface area contributed by atoms with E-state index in [4.69, 9.17) is 4.74 Å². The van der Waals surface area contributed by atoms with E-state index in [1.54, 1.807) is 55.6 Å². The number of fused-ring (bicyclic) bond motifs is 1. The molecule has 2 aromatic carbocycles. The van der Waals surface area contributed by atoms with E-state index in [2.05, 4.69) is 10.3 Å². The Bertz CT molecular complexity index is 1040. The van der Waals surface area contributed by atoms with Crippen LogP contribution >= 0.6 is 0 Å². The summed E-state index contributed by atoms with van der Waals surface area (Å²) in [5.74, 6) is -0.416. The number of benzene rings is 2. The molecule has 1 unspecified atom stereocenters. The van der Waals surface area contributed by atoms with Gasteiger partial charge < -0.3 is 15.0 Å². The molecule has 3 aromatic rings. The maximum absolute atomic E-state index is 13.0. The van der Waals surface area contributed by atoms with Gasteiger partial charge >= 0.3 is 5.69 Å². The minimum absolute atomic E-state index is 0.352. The van der Waals surface area contributed by atoms with Gasteiger partial charge in [0.15, 0.2) is 0 Å². The lowest BCUT2D eigenvalue weighted by atomic mass is 10.1. The van der Waals surface area contributed by atoms with E-state index in [-0.39, 0.29) is 0 Å². The molecule has 1 atom stereocenters. The summed E-state index contributed by atoms with van der Waals surface area (Å²) in [5, 5.41) is 3.14. The van der Waals surface area contributed by atoms with Crippen molar-refractivity contribution in [2.45, 2.75) is 12.5 Å². The van der Waals surface area contributed by atoms with Crippen molar-refractivity contribution in [3.05, 3.63) is 81.0 Å². The third kappa shape index (κ3) is 3.98. The van der Waals surface area contributed by atoms with Gasteiger partial charge in [-0.3, -0.25) is 9.59 Å². The number of aromatic amines is 1. The van der Waals surface area contributed by atoms with Crippen LogP contribution < -0.4 is 16.6 Å². The number of carbonyl (C=O) groups excluding carboxylic acids is 1. The van der Waals surface area contributed by atoms with Crippen molar-refractivity contribution in [3.63, 3.8) is 0 Å². The van der Waals surface area contributed by atoms with Crippen molar-refractivity contribution in [2.24, 2.45) is 0 Å². The minimum atomic E-state index is -1.06. The Balaban J connectivity index is 2.09. The quantitative estimate of drug-likeness (QED) is 0.618. The van der Waals surface area contributed by atoms with Gasteiger partial charge in [0.05, 0.1) is 10.9 Å². The Morgan fingerprint density at radius 3 is 2.56 bits per heavy atom. The summed E-state index contributed by atoms with van der Waals surface area (Å²) >= 11 is 0. The zero-order valence-electron chi connectivity index (χ0n) is 15.0. The van der Waals surface area contributed by atoms with E-state index < -0.39 is 23.2 Å². The number of rotatable bonds is 7. The maximum Gasteiger partial charge on any atom is 0.329 e. The molecule has 2 N–H and O–H groups in total. The second-order valence-electron chi connectivity index (χ2n) is 6.10. The Kier molecular flexibility index (Phi) is 5.83. The van der Waals surface area contributed by atoms with Gasteiger partial charge in [0.25, 0.3) is 5.56 Å². The molecule has 0 saturated heterocycles. The first-order valence-corrected chi connectivity index (χ1v) is 8.68. The van der Waals surface area contributed by atoms with Gasteiger partial charge in [0.1, 0.15) is 6.04 Å². The molecule has 0 saturated carbocycles. The fraction of sp³-hybridized carbons (Fsp3) is 0.250. The lowest BCUT2D eigenvalue weighted by Crippen LogP contribution is -2.45. The molecule has 0 spiro atoms. The SMILES string of the molecule is COCCCNC(=O)C(c1ccccc1)n1c(=O)[nH]c2ccccc2c1=O. The number of aromatic nitrogens is 2. The zero-order valence-corrected chi connectivity index (χ0v) is 15.0. The summed E-state index contributed by atoms with van der Waals surface area (Å²) in [6.45, 7) is 0.892. The highest BCUT2D eigenvalue weighted by molar-refractivity contribution is 5.84. The summed E-state index contributed by atoms with van der Waals surface area (Å²) in [5.41, 5.74) is -0.129. The van der Waals surface area contributed by atoms with E-state index in [9.17, 15) is 14.4 Å². The van der Waals surface area contributed by atoms with Crippen molar-refractivity contribution in [3.8, 4) is 0 Å². The molecule has 0 fully saturated rings. The number of para-hydroxylation sites is 1. The Hall–Kier alpha value is -3.19. The molecule has 0 radical (unpaired) electrons. The van der Waals surface area contributed by atoms with Gasteiger partial charge in [-0.2, -0.15) is 0 Å². The predicted octanol–water partition coefficient (Wildman–Crippen LogP) is 1.43. The normalized spacial score (nSPS) is 12.0. The highest BCUT2D eigenvalue weighted by atomic mass is 16.5. The standard InChI is InChI=1S/C20H21N3O4/c1-27-13-7-12-21-18(24)17(14-8-3-2-4-9-14)23-19(25)15-10-5-6-11-16(15)22-20(23)26/h2-6,8-11,17H,7,12-13H2,1H3,(H,21,24)(H,22,26). The van der Waals surface area contributed by atoms with Gasteiger partial charge in [-0.1, -0.05) is 42.5 Å². The van der Waals surface area contributed by atoms with Crippen LogP contribution in [-0.4, -0.2) is 35.7 Å². The number of carbonyl (C=O) groups is 1. The van der Waals surface area contributed by atoms with E-state index in [0.29, 0.717) is 36.0 Å².